The summed E-state index contributed by atoms with van der Waals surface area (Å²) in [6.07, 6.45) is 3.18. The van der Waals surface area contributed by atoms with E-state index in [0.29, 0.717) is 5.56 Å². The number of ether oxygens (including phenoxy) is 1. The van der Waals surface area contributed by atoms with Gasteiger partial charge in [-0.15, -0.1) is 0 Å². The van der Waals surface area contributed by atoms with Gasteiger partial charge in [0.15, 0.2) is 5.78 Å². The number of hydrogen-bond acceptors (Lipinski definition) is 3. The molecule has 2 rings (SSSR count). The average Bonchev–Trinajstić information content (AvgIpc) is 2.44. The highest BCUT2D eigenvalue weighted by Gasteiger charge is 2.05. The number of phenols is 1. The maximum atomic E-state index is 12.1. The highest BCUT2D eigenvalue weighted by atomic mass is 16.5. The molecule has 0 aromatic heterocycles. The smallest absolute Gasteiger partial charge is 0.185 e. The number of methoxy groups -OCH3 is 1. The van der Waals surface area contributed by atoms with Crippen molar-refractivity contribution in [2.75, 3.05) is 7.11 Å². The van der Waals surface area contributed by atoms with Crippen molar-refractivity contribution in [2.45, 2.75) is 6.92 Å². The summed E-state index contributed by atoms with van der Waals surface area (Å²) in [5.41, 5.74) is 2.31. The van der Waals surface area contributed by atoms with Gasteiger partial charge in [-0.2, -0.15) is 0 Å². The molecule has 0 saturated carbocycles. The van der Waals surface area contributed by atoms with E-state index in [-0.39, 0.29) is 11.5 Å². The predicted octanol–water partition coefficient (Wildman–Crippen LogP) is 3.61. The minimum Gasteiger partial charge on any atom is -0.508 e. The second-order valence-corrected chi connectivity index (χ2v) is 4.48. The van der Waals surface area contributed by atoms with E-state index >= 15 is 0 Å². The Balaban J connectivity index is 2.18. The molecule has 3 nitrogen and oxygen atoms in total. The number of allylic oxidation sites excluding steroid dienone is 1. The molecule has 0 saturated heterocycles. The van der Waals surface area contributed by atoms with Crippen LogP contribution in [0.3, 0.4) is 0 Å². The first-order valence-corrected chi connectivity index (χ1v) is 6.26. The van der Waals surface area contributed by atoms with Crippen LogP contribution in [-0.4, -0.2) is 18.0 Å². The van der Waals surface area contributed by atoms with Gasteiger partial charge in [0, 0.05) is 5.56 Å². The van der Waals surface area contributed by atoms with Crippen LogP contribution in [0.1, 0.15) is 21.5 Å². The summed E-state index contributed by atoms with van der Waals surface area (Å²) < 4.78 is 5.17. The van der Waals surface area contributed by atoms with E-state index in [1.807, 2.05) is 13.0 Å². The molecule has 0 unspecified atom stereocenters. The molecule has 0 heterocycles. The third-order valence-corrected chi connectivity index (χ3v) is 2.98. The van der Waals surface area contributed by atoms with Gasteiger partial charge in [-0.3, -0.25) is 4.79 Å². The number of aryl methyl sites for hydroxylation is 1. The Bertz CT molecular complexity index is 657. The Hall–Kier alpha value is -2.55. The van der Waals surface area contributed by atoms with Crippen LogP contribution in [-0.2, 0) is 0 Å². The third-order valence-electron chi connectivity index (χ3n) is 2.98. The van der Waals surface area contributed by atoms with Crippen LogP contribution < -0.4 is 4.74 Å². The minimum absolute atomic E-state index is 0.0842. The predicted molar refractivity (Wildman–Crippen MR) is 79.2 cm³/mol. The number of phenolic OH excluding ortho intramolecular Hbond substituents is 1. The molecule has 0 amide bonds. The lowest BCUT2D eigenvalue weighted by Gasteiger charge is -2.05. The molecule has 1 N–H and O–H groups in total. The highest BCUT2D eigenvalue weighted by molar-refractivity contribution is 6.07. The van der Waals surface area contributed by atoms with Gasteiger partial charge in [-0.05, 0) is 54.5 Å². The molecular weight excluding hydrogens is 252 g/mol. The largest absolute Gasteiger partial charge is 0.508 e. The molecule has 0 aliphatic carbocycles. The van der Waals surface area contributed by atoms with Gasteiger partial charge in [-0.25, -0.2) is 0 Å². The molecule has 0 aliphatic heterocycles. The zero-order chi connectivity index (χ0) is 14.5. The standard InChI is InChI=1S/C17H16O3/c1-12-10-14(7-9-17(12)20-2)16(19)8-6-13-4-3-5-15(18)11-13/h3-11,18H,1-2H3/b8-6+. The first kappa shape index (κ1) is 13.9. The van der Waals surface area contributed by atoms with Crippen molar-refractivity contribution in [2.24, 2.45) is 0 Å². The van der Waals surface area contributed by atoms with Crippen LogP contribution in [0, 0.1) is 6.92 Å². The van der Waals surface area contributed by atoms with Crippen LogP contribution in [0.5, 0.6) is 11.5 Å². The number of hydrogen-bond donors (Lipinski definition) is 1. The maximum Gasteiger partial charge on any atom is 0.185 e. The molecule has 3 heteroatoms. The fourth-order valence-electron chi connectivity index (χ4n) is 1.93. The lowest BCUT2D eigenvalue weighted by molar-refractivity contribution is 0.104. The molecule has 0 aliphatic rings. The highest BCUT2D eigenvalue weighted by Crippen LogP contribution is 2.19. The molecule has 102 valence electrons. The minimum atomic E-state index is -0.0842. The average molecular weight is 268 g/mol. The van der Waals surface area contributed by atoms with Crippen LogP contribution in [0.4, 0.5) is 0 Å². The van der Waals surface area contributed by atoms with Crippen molar-refractivity contribution in [3.05, 3.63) is 65.2 Å². The van der Waals surface area contributed by atoms with E-state index in [1.165, 1.54) is 6.08 Å². The molecule has 0 radical (unpaired) electrons. The summed E-state index contributed by atoms with van der Waals surface area (Å²) in [6.45, 7) is 1.90. The Morgan fingerprint density at radius 1 is 1.20 bits per heavy atom. The fourth-order valence-corrected chi connectivity index (χ4v) is 1.93. The van der Waals surface area contributed by atoms with Crippen molar-refractivity contribution in [1.82, 2.24) is 0 Å². The second-order valence-electron chi connectivity index (χ2n) is 4.48. The van der Waals surface area contributed by atoms with E-state index < -0.39 is 0 Å². The van der Waals surface area contributed by atoms with Gasteiger partial charge in [0.2, 0.25) is 0 Å². The molecule has 2 aromatic rings. The summed E-state index contributed by atoms with van der Waals surface area (Å²) in [6, 6.07) is 12.1. The molecule has 0 bridgehead atoms. The Morgan fingerprint density at radius 2 is 2.00 bits per heavy atom. The van der Waals surface area contributed by atoms with E-state index in [4.69, 9.17) is 4.74 Å². The summed E-state index contributed by atoms with van der Waals surface area (Å²) in [4.78, 5) is 12.1. The fraction of sp³-hybridized carbons (Fsp3) is 0.118. The SMILES string of the molecule is COc1ccc(C(=O)/C=C/c2cccc(O)c2)cc1C. The van der Waals surface area contributed by atoms with Crippen LogP contribution in [0.25, 0.3) is 6.08 Å². The van der Waals surface area contributed by atoms with Crippen LogP contribution >= 0.6 is 0 Å². The van der Waals surface area contributed by atoms with Gasteiger partial charge < -0.3 is 9.84 Å². The number of carbonyl (C=O) groups excluding carboxylic acids is 1. The molecular formula is C17H16O3. The number of ketones is 1. The molecule has 0 spiro atoms. The van der Waals surface area contributed by atoms with Crippen molar-refractivity contribution in [3.63, 3.8) is 0 Å². The van der Waals surface area contributed by atoms with Gasteiger partial charge >= 0.3 is 0 Å². The van der Waals surface area contributed by atoms with Gasteiger partial charge in [-0.1, -0.05) is 18.2 Å². The monoisotopic (exact) mass is 268 g/mol. The van der Waals surface area contributed by atoms with Crippen molar-refractivity contribution < 1.29 is 14.6 Å². The molecule has 20 heavy (non-hydrogen) atoms. The summed E-state index contributed by atoms with van der Waals surface area (Å²) in [5, 5.41) is 9.36. The molecule has 2 aromatic carbocycles. The lowest BCUT2D eigenvalue weighted by atomic mass is 10.1. The zero-order valence-corrected chi connectivity index (χ0v) is 11.5. The number of carbonyl (C=O) groups is 1. The zero-order valence-electron chi connectivity index (χ0n) is 11.5. The van der Waals surface area contributed by atoms with E-state index in [1.54, 1.807) is 49.6 Å². The Labute approximate surface area is 118 Å². The number of benzene rings is 2. The Kier molecular flexibility index (Phi) is 4.20. The Morgan fingerprint density at radius 3 is 2.65 bits per heavy atom. The van der Waals surface area contributed by atoms with Crippen molar-refractivity contribution in [3.8, 4) is 11.5 Å². The topological polar surface area (TPSA) is 46.5 Å². The first-order valence-electron chi connectivity index (χ1n) is 6.26. The molecule has 0 atom stereocenters. The van der Waals surface area contributed by atoms with Crippen LogP contribution in [0.2, 0.25) is 0 Å². The quantitative estimate of drug-likeness (QED) is 0.680. The summed E-state index contributed by atoms with van der Waals surface area (Å²) in [5.74, 6) is 0.859. The summed E-state index contributed by atoms with van der Waals surface area (Å²) >= 11 is 0. The van der Waals surface area contributed by atoms with Crippen LogP contribution in [0.15, 0.2) is 48.5 Å². The molecule has 0 fully saturated rings. The van der Waals surface area contributed by atoms with Crippen molar-refractivity contribution >= 4 is 11.9 Å². The van der Waals surface area contributed by atoms with Gasteiger partial charge in [0.25, 0.3) is 0 Å². The number of rotatable bonds is 4. The lowest BCUT2D eigenvalue weighted by Crippen LogP contribution is -1.96. The third kappa shape index (κ3) is 3.26. The normalized spacial score (nSPS) is 10.7. The first-order chi connectivity index (χ1) is 9.60. The maximum absolute atomic E-state index is 12.1. The van der Waals surface area contributed by atoms with E-state index in [2.05, 4.69) is 0 Å². The van der Waals surface area contributed by atoms with Crippen molar-refractivity contribution in [1.29, 1.82) is 0 Å². The van der Waals surface area contributed by atoms with E-state index in [0.717, 1.165) is 16.9 Å². The summed E-state index contributed by atoms with van der Waals surface area (Å²) in [7, 11) is 1.60. The van der Waals surface area contributed by atoms with Gasteiger partial charge in [0.05, 0.1) is 7.11 Å². The van der Waals surface area contributed by atoms with E-state index in [9.17, 15) is 9.90 Å². The number of aromatic hydroxyl groups is 1. The van der Waals surface area contributed by atoms with Gasteiger partial charge in [0.1, 0.15) is 11.5 Å². The second kappa shape index (κ2) is 6.06.